The SMILES string of the molecule is CCN(CC(C)C#N)C(=O)c1cc(N)c(C)c(F)c1. The lowest BCUT2D eigenvalue weighted by Crippen LogP contribution is -2.34. The van der Waals surface area contributed by atoms with E-state index in [-0.39, 0.29) is 23.1 Å². The third kappa shape index (κ3) is 3.44. The van der Waals surface area contributed by atoms with Crippen molar-refractivity contribution in [2.24, 2.45) is 5.92 Å². The number of nitrogen functional groups attached to an aromatic ring is 1. The van der Waals surface area contributed by atoms with Gasteiger partial charge in [-0.3, -0.25) is 4.79 Å². The second-order valence-corrected chi connectivity index (χ2v) is 4.55. The van der Waals surface area contributed by atoms with Gasteiger partial charge in [-0.2, -0.15) is 5.26 Å². The maximum Gasteiger partial charge on any atom is 0.254 e. The second-order valence-electron chi connectivity index (χ2n) is 4.55. The number of nitrogens with two attached hydrogens (primary N) is 1. The average Bonchev–Trinajstić information content (AvgIpc) is 2.40. The van der Waals surface area contributed by atoms with Crippen molar-refractivity contribution in [1.29, 1.82) is 5.26 Å². The van der Waals surface area contributed by atoms with Crippen LogP contribution in [0, 0.1) is 30.0 Å². The topological polar surface area (TPSA) is 70.1 Å². The molecule has 1 aromatic carbocycles. The Morgan fingerprint density at radius 2 is 2.21 bits per heavy atom. The Balaban J connectivity index is 3.02. The smallest absolute Gasteiger partial charge is 0.254 e. The molecular formula is C14H18FN3O. The quantitative estimate of drug-likeness (QED) is 0.847. The van der Waals surface area contributed by atoms with Gasteiger partial charge >= 0.3 is 0 Å². The summed E-state index contributed by atoms with van der Waals surface area (Å²) < 4.78 is 13.6. The fourth-order valence-corrected chi connectivity index (χ4v) is 1.73. The standard InChI is InChI=1S/C14H18FN3O/c1-4-18(8-9(2)7-16)14(19)11-5-12(15)10(3)13(17)6-11/h5-6,9H,4,8,17H2,1-3H3. The summed E-state index contributed by atoms with van der Waals surface area (Å²) in [5, 5.41) is 8.79. The highest BCUT2D eigenvalue weighted by atomic mass is 19.1. The maximum atomic E-state index is 13.6. The molecule has 4 nitrogen and oxygen atoms in total. The molecular weight excluding hydrogens is 245 g/mol. The summed E-state index contributed by atoms with van der Waals surface area (Å²) in [4.78, 5) is 13.7. The predicted octanol–water partition coefficient (Wildman–Crippen LogP) is 2.34. The first-order valence-electron chi connectivity index (χ1n) is 6.15. The molecule has 0 radical (unpaired) electrons. The van der Waals surface area contributed by atoms with Crippen LogP contribution in [0.3, 0.4) is 0 Å². The molecule has 1 rings (SSSR count). The van der Waals surface area contributed by atoms with E-state index in [0.717, 1.165) is 0 Å². The highest BCUT2D eigenvalue weighted by Gasteiger charge is 2.18. The van der Waals surface area contributed by atoms with E-state index in [4.69, 9.17) is 11.0 Å². The fraction of sp³-hybridized carbons (Fsp3) is 0.429. The van der Waals surface area contributed by atoms with Crippen LogP contribution in [0.15, 0.2) is 12.1 Å². The number of carbonyl (C=O) groups is 1. The number of amides is 1. The lowest BCUT2D eigenvalue weighted by Gasteiger charge is -2.22. The zero-order valence-corrected chi connectivity index (χ0v) is 11.4. The van der Waals surface area contributed by atoms with Crippen molar-refractivity contribution in [2.75, 3.05) is 18.8 Å². The van der Waals surface area contributed by atoms with E-state index in [0.29, 0.717) is 18.7 Å². The van der Waals surface area contributed by atoms with E-state index in [9.17, 15) is 9.18 Å². The van der Waals surface area contributed by atoms with Crippen molar-refractivity contribution in [3.05, 3.63) is 29.1 Å². The van der Waals surface area contributed by atoms with Gasteiger partial charge in [-0.25, -0.2) is 4.39 Å². The molecule has 0 spiro atoms. The van der Waals surface area contributed by atoms with Crippen LogP contribution in [0.4, 0.5) is 10.1 Å². The molecule has 1 unspecified atom stereocenters. The maximum absolute atomic E-state index is 13.6. The van der Waals surface area contributed by atoms with Gasteiger partial charge in [-0.1, -0.05) is 0 Å². The minimum absolute atomic E-state index is 0.215. The molecule has 2 N–H and O–H groups in total. The molecule has 102 valence electrons. The van der Waals surface area contributed by atoms with E-state index in [1.165, 1.54) is 17.0 Å². The van der Waals surface area contributed by atoms with Crippen molar-refractivity contribution < 1.29 is 9.18 Å². The number of anilines is 1. The molecule has 0 saturated heterocycles. The van der Waals surface area contributed by atoms with Crippen LogP contribution in [0.25, 0.3) is 0 Å². The van der Waals surface area contributed by atoms with E-state index in [1.807, 2.05) is 6.92 Å². The average molecular weight is 263 g/mol. The fourth-order valence-electron chi connectivity index (χ4n) is 1.73. The van der Waals surface area contributed by atoms with Crippen molar-refractivity contribution in [3.63, 3.8) is 0 Å². The van der Waals surface area contributed by atoms with E-state index in [1.54, 1.807) is 13.8 Å². The first-order chi connectivity index (χ1) is 8.90. The number of hydrogen-bond donors (Lipinski definition) is 1. The van der Waals surface area contributed by atoms with Gasteiger partial charge in [-0.05, 0) is 32.9 Å². The summed E-state index contributed by atoms with van der Waals surface area (Å²) in [5.41, 5.74) is 6.48. The zero-order chi connectivity index (χ0) is 14.6. The van der Waals surface area contributed by atoms with E-state index >= 15 is 0 Å². The van der Waals surface area contributed by atoms with E-state index in [2.05, 4.69) is 6.07 Å². The summed E-state index contributed by atoms with van der Waals surface area (Å²) in [6, 6.07) is 4.74. The number of hydrogen-bond acceptors (Lipinski definition) is 3. The summed E-state index contributed by atoms with van der Waals surface area (Å²) in [5.74, 6) is -1.07. The third-order valence-corrected chi connectivity index (χ3v) is 3.02. The van der Waals surface area contributed by atoms with Gasteiger partial charge in [0.05, 0.1) is 12.0 Å². The second kappa shape index (κ2) is 6.19. The van der Waals surface area contributed by atoms with Gasteiger partial charge < -0.3 is 10.6 Å². The van der Waals surface area contributed by atoms with Crippen LogP contribution >= 0.6 is 0 Å². The minimum Gasteiger partial charge on any atom is -0.398 e. The monoisotopic (exact) mass is 263 g/mol. The number of benzene rings is 1. The van der Waals surface area contributed by atoms with Crippen molar-refractivity contribution >= 4 is 11.6 Å². The summed E-state index contributed by atoms with van der Waals surface area (Å²) in [6.45, 7) is 5.89. The summed E-state index contributed by atoms with van der Waals surface area (Å²) in [7, 11) is 0. The molecule has 0 bridgehead atoms. The first-order valence-corrected chi connectivity index (χ1v) is 6.15. The molecule has 19 heavy (non-hydrogen) atoms. The highest BCUT2D eigenvalue weighted by Crippen LogP contribution is 2.19. The van der Waals surface area contributed by atoms with Crippen molar-refractivity contribution in [2.45, 2.75) is 20.8 Å². The van der Waals surface area contributed by atoms with Crippen LogP contribution in [0.5, 0.6) is 0 Å². The molecule has 0 aromatic heterocycles. The van der Waals surface area contributed by atoms with Gasteiger partial charge in [0.1, 0.15) is 5.82 Å². The zero-order valence-electron chi connectivity index (χ0n) is 11.4. The Morgan fingerprint density at radius 1 is 1.58 bits per heavy atom. The number of rotatable bonds is 4. The molecule has 5 heteroatoms. The molecule has 0 aliphatic carbocycles. The first kappa shape index (κ1) is 15.0. The van der Waals surface area contributed by atoms with Crippen LogP contribution in [-0.4, -0.2) is 23.9 Å². The van der Waals surface area contributed by atoms with Crippen LogP contribution in [0.1, 0.15) is 29.8 Å². The summed E-state index contributed by atoms with van der Waals surface area (Å²) in [6.07, 6.45) is 0. The van der Waals surface area contributed by atoms with Gasteiger partial charge in [0.15, 0.2) is 0 Å². The van der Waals surface area contributed by atoms with E-state index < -0.39 is 5.82 Å². The largest absolute Gasteiger partial charge is 0.398 e. The van der Waals surface area contributed by atoms with Gasteiger partial charge in [0.2, 0.25) is 0 Å². The lowest BCUT2D eigenvalue weighted by molar-refractivity contribution is 0.0752. The minimum atomic E-state index is -0.493. The molecule has 0 aliphatic rings. The molecule has 1 amide bonds. The summed E-state index contributed by atoms with van der Waals surface area (Å²) >= 11 is 0. The number of carbonyl (C=O) groups excluding carboxylic acids is 1. The molecule has 0 aliphatic heterocycles. The number of nitriles is 1. The Labute approximate surface area is 112 Å². The molecule has 1 aromatic rings. The molecule has 1 atom stereocenters. The number of nitrogens with zero attached hydrogens (tertiary/aromatic N) is 2. The van der Waals surface area contributed by atoms with Crippen LogP contribution in [0.2, 0.25) is 0 Å². The Morgan fingerprint density at radius 3 is 2.68 bits per heavy atom. The van der Waals surface area contributed by atoms with Crippen LogP contribution < -0.4 is 5.73 Å². The van der Waals surface area contributed by atoms with Crippen molar-refractivity contribution in [3.8, 4) is 6.07 Å². The van der Waals surface area contributed by atoms with Gasteiger partial charge in [0, 0.05) is 29.9 Å². The number of halogens is 1. The Hall–Kier alpha value is -2.09. The van der Waals surface area contributed by atoms with Gasteiger partial charge in [-0.15, -0.1) is 0 Å². The Bertz CT molecular complexity index is 499. The normalized spacial score (nSPS) is 11.7. The highest BCUT2D eigenvalue weighted by molar-refractivity contribution is 5.95. The van der Waals surface area contributed by atoms with Crippen LogP contribution in [-0.2, 0) is 0 Å². The van der Waals surface area contributed by atoms with Gasteiger partial charge in [0.25, 0.3) is 5.91 Å². The lowest BCUT2D eigenvalue weighted by atomic mass is 10.1. The van der Waals surface area contributed by atoms with Crippen molar-refractivity contribution in [1.82, 2.24) is 4.90 Å². The molecule has 0 fully saturated rings. The Kier molecular flexibility index (Phi) is 4.87. The third-order valence-electron chi connectivity index (χ3n) is 3.02. The predicted molar refractivity (Wildman–Crippen MR) is 71.9 cm³/mol. The molecule has 0 saturated carbocycles. The molecule has 0 heterocycles.